The van der Waals surface area contributed by atoms with Crippen molar-refractivity contribution in [3.8, 4) is 5.75 Å². The van der Waals surface area contributed by atoms with Gasteiger partial charge in [-0.25, -0.2) is 8.78 Å². The molecule has 0 fully saturated rings. The lowest BCUT2D eigenvalue weighted by Gasteiger charge is -2.06. The molecule has 2 rings (SSSR count). The van der Waals surface area contributed by atoms with Crippen molar-refractivity contribution in [3.63, 3.8) is 0 Å². The van der Waals surface area contributed by atoms with Crippen molar-refractivity contribution in [3.05, 3.63) is 65.2 Å². The Hall–Kier alpha value is -2.43. The van der Waals surface area contributed by atoms with E-state index in [0.717, 1.165) is 17.7 Å². The number of aromatic hydroxyl groups is 1. The lowest BCUT2D eigenvalue weighted by molar-refractivity contribution is -0.120. The minimum absolute atomic E-state index is 0.147. The molecule has 104 valence electrons. The predicted octanol–water partition coefficient (Wildman–Crippen LogP) is 2.53. The molecule has 5 heteroatoms. The van der Waals surface area contributed by atoms with E-state index in [1.54, 1.807) is 12.1 Å². The van der Waals surface area contributed by atoms with Gasteiger partial charge < -0.3 is 10.4 Å². The Morgan fingerprint density at radius 1 is 1.10 bits per heavy atom. The highest BCUT2D eigenvalue weighted by Gasteiger charge is 2.09. The summed E-state index contributed by atoms with van der Waals surface area (Å²) >= 11 is 0. The molecule has 1 amide bonds. The molecule has 20 heavy (non-hydrogen) atoms. The molecule has 0 radical (unpaired) electrons. The van der Waals surface area contributed by atoms with Crippen molar-refractivity contribution in [1.29, 1.82) is 0 Å². The summed E-state index contributed by atoms with van der Waals surface area (Å²) in [7, 11) is 0. The highest BCUT2D eigenvalue weighted by Crippen LogP contribution is 2.11. The zero-order valence-electron chi connectivity index (χ0n) is 10.6. The number of phenols is 1. The summed E-state index contributed by atoms with van der Waals surface area (Å²) in [6, 6.07) is 9.50. The maximum atomic E-state index is 13.4. The fraction of sp³-hybridized carbons (Fsp3) is 0.133. The number of benzene rings is 2. The first-order chi connectivity index (χ1) is 9.54. The first kappa shape index (κ1) is 14.0. The molecule has 0 spiro atoms. The van der Waals surface area contributed by atoms with Gasteiger partial charge in [0, 0.05) is 12.6 Å². The maximum Gasteiger partial charge on any atom is 0.224 e. The van der Waals surface area contributed by atoms with Crippen LogP contribution >= 0.6 is 0 Å². The number of phenolic OH excluding ortho intramolecular Hbond substituents is 1. The van der Waals surface area contributed by atoms with E-state index >= 15 is 0 Å². The molecule has 0 saturated carbocycles. The van der Waals surface area contributed by atoms with Gasteiger partial charge in [0.2, 0.25) is 5.91 Å². The Kier molecular flexibility index (Phi) is 4.30. The van der Waals surface area contributed by atoms with E-state index in [-0.39, 0.29) is 30.2 Å². The second kappa shape index (κ2) is 6.14. The van der Waals surface area contributed by atoms with Crippen molar-refractivity contribution < 1.29 is 18.7 Å². The quantitative estimate of drug-likeness (QED) is 0.902. The van der Waals surface area contributed by atoms with Gasteiger partial charge in [0.15, 0.2) is 0 Å². The molecular formula is C15H13F2NO2. The van der Waals surface area contributed by atoms with Crippen LogP contribution in [-0.4, -0.2) is 11.0 Å². The van der Waals surface area contributed by atoms with Gasteiger partial charge in [0.25, 0.3) is 0 Å². The first-order valence-electron chi connectivity index (χ1n) is 6.03. The molecule has 0 atom stereocenters. The number of nitrogens with one attached hydrogen (secondary N) is 1. The molecule has 0 aliphatic heterocycles. The van der Waals surface area contributed by atoms with E-state index in [0.29, 0.717) is 0 Å². The van der Waals surface area contributed by atoms with Crippen LogP contribution in [0.4, 0.5) is 8.78 Å². The van der Waals surface area contributed by atoms with E-state index in [4.69, 9.17) is 5.11 Å². The zero-order chi connectivity index (χ0) is 14.5. The lowest BCUT2D eigenvalue weighted by atomic mass is 10.1. The summed E-state index contributed by atoms with van der Waals surface area (Å²) in [6.45, 7) is 0.280. The van der Waals surface area contributed by atoms with Crippen LogP contribution in [0.15, 0.2) is 42.5 Å². The second-order valence-electron chi connectivity index (χ2n) is 4.36. The highest BCUT2D eigenvalue weighted by molar-refractivity contribution is 5.78. The van der Waals surface area contributed by atoms with Gasteiger partial charge in [0.1, 0.15) is 17.4 Å². The summed E-state index contributed by atoms with van der Waals surface area (Å²) in [5.41, 5.74) is 0.963. The van der Waals surface area contributed by atoms with Crippen molar-refractivity contribution in [1.82, 2.24) is 5.32 Å². The van der Waals surface area contributed by atoms with Crippen LogP contribution in [-0.2, 0) is 17.8 Å². The van der Waals surface area contributed by atoms with E-state index < -0.39 is 11.6 Å². The number of hydrogen-bond donors (Lipinski definition) is 2. The topological polar surface area (TPSA) is 49.3 Å². The monoisotopic (exact) mass is 277 g/mol. The summed E-state index contributed by atoms with van der Waals surface area (Å²) in [5.74, 6) is -1.61. The van der Waals surface area contributed by atoms with E-state index in [2.05, 4.69) is 5.32 Å². The highest BCUT2D eigenvalue weighted by atomic mass is 19.1. The van der Waals surface area contributed by atoms with Crippen molar-refractivity contribution in [2.75, 3.05) is 0 Å². The number of hydrogen-bond acceptors (Lipinski definition) is 2. The third-order valence-corrected chi connectivity index (χ3v) is 2.79. The molecule has 0 heterocycles. The smallest absolute Gasteiger partial charge is 0.224 e. The molecule has 0 bridgehead atoms. The predicted molar refractivity (Wildman–Crippen MR) is 70.0 cm³/mol. The van der Waals surface area contributed by atoms with Crippen molar-refractivity contribution in [2.45, 2.75) is 13.0 Å². The average Bonchev–Trinajstić information content (AvgIpc) is 2.41. The van der Waals surface area contributed by atoms with Crippen molar-refractivity contribution in [2.24, 2.45) is 0 Å². The Balaban J connectivity index is 1.90. The molecule has 0 aliphatic rings. The molecule has 0 unspecified atom stereocenters. The van der Waals surface area contributed by atoms with E-state index in [1.807, 2.05) is 0 Å². The normalized spacial score (nSPS) is 10.3. The van der Waals surface area contributed by atoms with Gasteiger partial charge in [-0.1, -0.05) is 18.2 Å². The Morgan fingerprint density at radius 2 is 1.80 bits per heavy atom. The van der Waals surface area contributed by atoms with Gasteiger partial charge in [-0.15, -0.1) is 0 Å². The number of amides is 1. The molecule has 3 nitrogen and oxygen atoms in total. The fourth-order valence-corrected chi connectivity index (χ4v) is 1.71. The number of carbonyl (C=O) groups excluding carboxylic acids is 1. The Morgan fingerprint density at radius 3 is 2.45 bits per heavy atom. The third-order valence-electron chi connectivity index (χ3n) is 2.79. The van der Waals surface area contributed by atoms with Crippen molar-refractivity contribution >= 4 is 5.91 Å². The maximum absolute atomic E-state index is 13.4. The average molecular weight is 277 g/mol. The van der Waals surface area contributed by atoms with Crippen LogP contribution in [0.3, 0.4) is 0 Å². The van der Waals surface area contributed by atoms with E-state index in [9.17, 15) is 13.6 Å². The van der Waals surface area contributed by atoms with Gasteiger partial charge in [-0.3, -0.25) is 4.79 Å². The minimum Gasteiger partial charge on any atom is -0.508 e. The third kappa shape index (κ3) is 3.78. The summed E-state index contributed by atoms with van der Waals surface area (Å²) in [6.07, 6.45) is -0.149. The van der Waals surface area contributed by atoms with Crippen LogP contribution < -0.4 is 5.32 Å². The molecule has 2 aromatic carbocycles. The largest absolute Gasteiger partial charge is 0.508 e. The zero-order valence-corrected chi connectivity index (χ0v) is 10.6. The number of carbonyl (C=O) groups is 1. The Labute approximate surface area is 114 Å². The molecular weight excluding hydrogens is 264 g/mol. The summed E-state index contributed by atoms with van der Waals surface area (Å²) in [5, 5.41) is 11.7. The summed E-state index contributed by atoms with van der Waals surface area (Å²) < 4.78 is 26.1. The van der Waals surface area contributed by atoms with Gasteiger partial charge in [-0.05, 0) is 29.3 Å². The lowest BCUT2D eigenvalue weighted by Crippen LogP contribution is -2.24. The van der Waals surface area contributed by atoms with Crippen LogP contribution in [0, 0.1) is 11.6 Å². The molecule has 2 aromatic rings. The van der Waals surface area contributed by atoms with Crippen LogP contribution in [0.2, 0.25) is 0 Å². The number of halogens is 2. The number of rotatable bonds is 4. The minimum atomic E-state index is -0.732. The second-order valence-corrected chi connectivity index (χ2v) is 4.36. The van der Waals surface area contributed by atoms with Gasteiger partial charge in [0.05, 0.1) is 6.42 Å². The molecule has 0 aliphatic carbocycles. The SMILES string of the molecule is O=C(Cc1ccc(F)cc1F)NCc1ccc(O)cc1. The Bertz CT molecular complexity index is 612. The van der Waals surface area contributed by atoms with Crippen LogP contribution in [0.1, 0.15) is 11.1 Å². The van der Waals surface area contributed by atoms with E-state index in [1.165, 1.54) is 18.2 Å². The fourth-order valence-electron chi connectivity index (χ4n) is 1.71. The molecule has 2 N–H and O–H groups in total. The van der Waals surface area contributed by atoms with Crippen LogP contribution in [0.25, 0.3) is 0 Å². The molecule has 0 aromatic heterocycles. The first-order valence-corrected chi connectivity index (χ1v) is 6.03. The molecule has 0 saturated heterocycles. The standard InChI is InChI=1S/C15H13F2NO2/c16-12-4-3-11(14(17)8-12)7-15(20)18-9-10-1-5-13(19)6-2-10/h1-6,8,19H,7,9H2,(H,18,20). The van der Waals surface area contributed by atoms with Gasteiger partial charge in [-0.2, -0.15) is 0 Å². The van der Waals surface area contributed by atoms with Crippen LogP contribution in [0.5, 0.6) is 5.75 Å². The van der Waals surface area contributed by atoms with Gasteiger partial charge >= 0.3 is 0 Å². The summed E-state index contributed by atoms with van der Waals surface area (Å²) in [4.78, 5) is 11.7.